The molecule has 4 bridgehead atoms. The molecular weight excluding hydrogens is 321 g/mol. The lowest BCUT2D eigenvalue weighted by molar-refractivity contribution is -0.177. The first-order chi connectivity index (χ1) is 11.9. The highest BCUT2D eigenvalue weighted by molar-refractivity contribution is 5.95. The molecule has 134 valence electrons. The second-order valence-electron chi connectivity index (χ2n) is 8.21. The van der Waals surface area contributed by atoms with Crippen molar-refractivity contribution in [3.63, 3.8) is 0 Å². The number of anilines is 1. The minimum Gasteiger partial charge on any atom is -0.452 e. The van der Waals surface area contributed by atoms with E-state index in [1.54, 1.807) is 19.1 Å². The number of carbonyl (C=O) groups is 2. The van der Waals surface area contributed by atoms with Gasteiger partial charge in [-0.25, -0.2) is 4.39 Å². The van der Waals surface area contributed by atoms with Crippen LogP contribution in [0.2, 0.25) is 0 Å². The quantitative estimate of drug-likeness (QED) is 0.842. The van der Waals surface area contributed by atoms with E-state index in [2.05, 4.69) is 5.32 Å². The molecule has 0 heterocycles. The third-order valence-electron chi connectivity index (χ3n) is 6.26. The van der Waals surface area contributed by atoms with Gasteiger partial charge in [-0.3, -0.25) is 9.59 Å². The molecule has 4 aliphatic carbocycles. The molecule has 1 amide bonds. The highest BCUT2D eigenvalue weighted by atomic mass is 19.1. The van der Waals surface area contributed by atoms with Crippen molar-refractivity contribution in [3.8, 4) is 0 Å². The molecule has 5 heteroatoms. The van der Waals surface area contributed by atoms with Crippen LogP contribution in [0.15, 0.2) is 24.3 Å². The number of halogens is 1. The van der Waals surface area contributed by atoms with Crippen LogP contribution in [0, 0.1) is 29.0 Å². The largest absolute Gasteiger partial charge is 0.452 e. The number of hydrogen-bond donors (Lipinski definition) is 1. The Bertz CT molecular complexity index is 667. The minimum absolute atomic E-state index is 0.102. The van der Waals surface area contributed by atoms with Crippen molar-refractivity contribution in [2.75, 3.05) is 5.32 Å². The number of rotatable bonds is 4. The molecule has 0 unspecified atom stereocenters. The van der Waals surface area contributed by atoms with Gasteiger partial charge >= 0.3 is 5.97 Å². The van der Waals surface area contributed by atoms with E-state index < -0.39 is 17.8 Å². The number of amides is 1. The van der Waals surface area contributed by atoms with Gasteiger partial charge in [-0.15, -0.1) is 0 Å². The van der Waals surface area contributed by atoms with Crippen LogP contribution < -0.4 is 5.32 Å². The van der Waals surface area contributed by atoms with E-state index in [0.29, 0.717) is 17.8 Å². The van der Waals surface area contributed by atoms with Gasteiger partial charge in [-0.2, -0.15) is 0 Å². The zero-order valence-electron chi connectivity index (χ0n) is 14.5. The molecule has 0 saturated heterocycles. The Labute approximate surface area is 147 Å². The van der Waals surface area contributed by atoms with E-state index >= 15 is 0 Å². The van der Waals surface area contributed by atoms with Crippen LogP contribution in [0.4, 0.5) is 10.1 Å². The Hall–Kier alpha value is -1.91. The summed E-state index contributed by atoms with van der Waals surface area (Å²) in [7, 11) is 0. The maximum Gasteiger partial charge on any atom is 0.312 e. The van der Waals surface area contributed by atoms with Crippen molar-refractivity contribution >= 4 is 17.6 Å². The Morgan fingerprint density at radius 2 is 1.68 bits per heavy atom. The van der Waals surface area contributed by atoms with Crippen molar-refractivity contribution in [1.29, 1.82) is 0 Å². The van der Waals surface area contributed by atoms with E-state index in [1.807, 2.05) is 0 Å². The van der Waals surface area contributed by atoms with E-state index in [0.717, 1.165) is 19.3 Å². The topological polar surface area (TPSA) is 55.4 Å². The lowest BCUT2D eigenvalue weighted by Gasteiger charge is -2.55. The molecule has 4 fully saturated rings. The molecule has 5 rings (SSSR count). The van der Waals surface area contributed by atoms with Gasteiger partial charge in [0.1, 0.15) is 5.82 Å². The molecule has 0 spiro atoms. The molecular formula is C20H24FNO3. The fourth-order valence-corrected chi connectivity index (χ4v) is 5.50. The van der Waals surface area contributed by atoms with Crippen LogP contribution in [0.5, 0.6) is 0 Å². The minimum atomic E-state index is -0.930. The predicted molar refractivity (Wildman–Crippen MR) is 91.2 cm³/mol. The Morgan fingerprint density at radius 3 is 2.24 bits per heavy atom. The van der Waals surface area contributed by atoms with Crippen molar-refractivity contribution in [2.24, 2.45) is 23.2 Å². The Kier molecular flexibility index (Phi) is 4.05. The molecule has 1 aromatic rings. The van der Waals surface area contributed by atoms with Crippen LogP contribution in [-0.4, -0.2) is 18.0 Å². The van der Waals surface area contributed by atoms with Crippen molar-refractivity contribution in [2.45, 2.75) is 51.6 Å². The molecule has 25 heavy (non-hydrogen) atoms. The van der Waals surface area contributed by atoms with Gasteiger partial charge in [0, 0.05) is 0 Å². The molecule has 1 N–H and O–H groups in total. The number of esters is 1. The summed E-state index contributed by atoms with van der Waals surface area (Å²) in [5.74, 6) is 0.686. The zero-order valence-corrected chi connectivity index (χ0v) is 14.5. The van der Waals surface area contributed by atoms with Crippen LogP contribution in [0.3, 0.4) is 0 Å². The van der Waals surface area contributed by atoms with Crippen LogP contribution in [-0.2, 0) is 14.3 Å². The molecule has 4 nitrogen and oxygen atoms in total. The number of benzene rings is 1. The molecule has 4 saturated carbocycles. The third kappa shape index (κ3) is 3.05. The molecule has 1 atom stereocenters. The number of ether oxygens (including phenoxy) is 1. The average Bonchev–Trinajstić information content (AvgIpc) is 2.55. The fraction of sp³-hybridized carbons (Fsp3) is 0.600. The first kappa shape index (κ1) is 16.6. The summed E-state index contributed by atoms with van der Waals surface area (Å²) in [5, 5.41) is 2.50. The van der Waals surface area contributed by atoms with Gasteiger partial charge in [0.2, 0.25) is 0 Å². The van der Waals surface area contributed by atoms with E-state index in [-0.39, 0.29) is 17.1 Å². The van der Waals surface area contributed by atoms with Gasteiger partial charge in [0.15, 0.2) is 6.10 Å². The number of hydrogen-bond acceptors (Lipinski definition) is 3. The summed E-state index contributed by atoms with van der Waals surface area (Å²) in [6.45, 7) is 1.55. The fourth-order valence-electron chi connectivity index (χ4n) is 5.50. The summed E-state index contributed by atoms with van der Waals surface area (Å²) in [4.78, 5) is 25.1. The third-order valence-corrected chi connectivity index (χ3v) is 6.26. The first-order valence-corrected chi connectivity index (χ1v) is 9.22. The second-order valence-corrected chi connectivity index (χ2v) is 8.21. The lowest BCUT2D eigenvalue weighted by Crippen LogP contribution is -2.51. The van der Waals surface area contributed by atoms with Gasteiger partial charge in [-0.05, 0) is 75.3 Å². The zero-order chi connectivity index (χ0) is 17.6. The van der Waals surface area contributed by atoms with Gasteiger partial charge in [0.25, 0.3) is 5.91 Å². The number of para-hydroxylation sites is 1. The van der Waals surface area contributed by atoms with Crippen molar-refractivity contribution < 1.29 is 18.7 Å². The summed E-state index contributed by atoms with van der Waals surface area (Å²) in [6, 6.07) is 5.97. The summed E-state index contributed by atoms with van der Waals surface area (Å²) >= 11 is 0. The molecule has 0 aromatic heterocycles. The molecule has 1 aromatic carbocycles. The van der Waals surface area contributed by atoms with Crippen LogP contribution >= 0.6 is 0 Å². The molecule has 0 aliphatic heterocycles. The average molecular weight is 345 g/mol. The number of nitrogens with one attached hydrogen (secondary N) is 1. The highest BCUT2D eigenvalue weighted by Crippen LogP contribution is 2.60. The van der Waals surface area contributed by atoms with Gasteiger partial charge in [0.05, 0.1) is 11.1 Å². The highest BCUT2D eigenvalue weighted by Gasteiger charge is 2.55. The maximum atomic E-state index is 13.7. The smallest absolute Gasteiger partial charge is 0.312 e. The predicted octanol–water partition coefficient (Wildman–Crippen LogP) is 3.91. The van der Waals surface area contributed by atoms with Crippen molar-refractivity contribution in [1.82, 2.24) is 0 Å². The van der Waals surface area contributed by atoms with E-state index in [4.69, 9.17) is 4.74 Å². The van der Waals surface area contributed by atoms with Crippen molar-refractivity contribution in [3.05, 3.63) is 30.1 Å². The molecule has 4 aliphatic rings. The van der Waals surface area contributed by atoms with Gasteiger partial charge in [-0.1, -0.05) is 12.1 Å². The van der Waals surface area contributed by atoms with Crippen LogP contribution in [0.1, 0.15) is 45.4 Å². The van der Waals surface area contributed by atoms with E-state index in [9.17, 15) is 14.0 Å². The monoisotopic (exact) mass is 345 g/mol. The summed E-state index contributed by atoms with van der Waals surface area (Å²) in [6.07, 6.45) is 5.51. The SMILES string of the molecule is C[C@@H](OC(=O)C12CC3CC(CC(C3)C1)C2)C(=O)Nc1ccccc1F. The number of carbonyl (C=O) groups excluding carboxylic acids is 2. The summed E-state index contributed by atoms with van der Waals surface area (Å²) in [5.41, 5.74) is -0.286. The Balaban J connectivity index is 1.40. The first-order valence-electron chi connectivity index (χ1n) is 9.22. The molecule has 0 radical (unpaired) electrons. The van der Waals surface area contributed by atoms with Crippen LogP contribution in [0.25, 0.3) is 0 Å². The van der Waals surface area contributed by atoms with E-state index in [1.165, 1.54) is 31.4 Å². The normalized spacial score (nSPS) is 33.8. The second kappa shape index (κ2) is 6.11. The lowest BCUT2D eigenvalue weighted by atomic mass is 9.49. The standard InChI is InChI=1S/C20H24FNO3/c1-12(18(23)22-17-5-3-2-4-16(17)21)25-19(24)20-9-13-6-14(10-20)8-15(7-13)11-20/h2-5,12-15H,6-11H2,1H3,(H,22,23)/t12-,13?,14?,15?,20?/m1/s1. The maximum absolute atomic E-state index is 13.7. The van der Waals surface area contributed by atoms with Gasteiger partial charge < -0.3 is 10.1 Å². The Morgan fingerprint density at radius 1 is 1.12 bits per heavy atom. The summed E-state index contributed by atoms with van der Waals surface area (Å²) < 4.78 is 19.2.